The second kappa shape index (κ2) is 13.4. The number of allylic oxidation sites excluding steroid dienone is 2. The molecule has 3 nitrogen and oxygen atoms in total. The van der Waals surface area contributed by atoms with E-state index in [9.17, 15) is 0 Å². The first-order valence-electron chi connectivity index (χ1n) is 12.6. The Balaban J connectivity index is 1.25. The fraction of sp³-hybridized carbons (Fsp3) is 0.630. The van der Waals surface area contributed by atoms with Crippen molar-refractivity contribution in [3.63, 3.8) is 0 Å². The molecule has 166 valence electrons. The van der Waals surface area contributed by atoms with E-state index in [0.29, 0.717) is 0 Å². The number of unbranched alkanes of at least 4 members (excludes halogenated alkanes) is 13. The molecular weight excluding hydrogens is 368 g/mol. The molecule has 1 aromatic carbocycles. The fourth-order valence-electron chi connectivity index (χ4n) is 4.49. The van der Waals surface area contributed by atoms with E-state index in [2.05, 4.69) is 59.4 Å². The number of rotatable bonds is 15. The number of benzene rings is 1. The average molecular weight is 411 g/mol. The summed E-state index contributed by atoms with van der Waals surface area (Å²) in [4.78, 5) is 0. The van der Waals surface area contributed by atoms with Crippen LogP contribution in [0.2, 0.25) is 0 Å². The standard InChI is InChI=1S/C27H42N2O/c1-2-3-4-5-6-7-8-9-10-11-12-13-14-18-23-28-25-20-15-16-21-26(25)30-27-22-17-19-24-29(27)28/h15-17,19-22H,2-14,18,23-24H2,1H3. The first kappa shape index (κ1) is 22.8. The van der Waals surface area contributed by atoms with Crippen LogP contribution in [0.5, 0.6) is 5.75 Å². The second-order valence-electron chi connectivity index (χ2n) is 8.80. The summed E-state index contributed by atoms with van der Waals surface area (Å²) in [5.41, 5.74) is 1.19. The van der Waals surface area contributed by atoms with Crippen LogP contribution in [0.3, 0.4) is 0 Å². The second-order valence-corrected chi connectivity index (χ2v) is 8.80. The molecule has 0 radical (unpaired) electrons. The molecule has 0 bridgehead atoms. The van der Waals surface area contributed by atoms with Crippen LogP contribution in [-0.4, -0.2) is 18.1 Å². The summed E-state index contributed by atoms with van der Waals surface area (Å²) in [6.07, 6.45) is 26.0. The molecule has 0 aliphatic carbocycles. The predicted octanol–water partition coefficient (Wildman–Crippen LogP) is 7.99. The maximum Gasteiger partial charge on any atom is 0.214 e. The largest absolute Gasteiger partial charge is 0.437 e. The van der Waals surface area contributed by atoms with Crippen LogP contribution in [0.4, 0.5) is 5.69 Å². The van der Waals surface area contributed by atoms with Gasteiger partial charge in [-0.15, -0.1) is 0 Å². The number of anilines is 1. The van der Waals surface area contributed by atoms with E-state index in [1.165, 1.54) is 95.6 Å². The van der Waals surface area contributed by atoms with Crippen molar-refractivity contribution in [3.05, 3.63) is 48.4 Å². The molecule has 0 unspecified atom stereocenters. The highest BCUT2D eigenvalue weighted by Gasteiger charge is 2.28. The lowest BCUT2D eigenvalue weighted by Crippen LogP contribution is -2.47. The summed E-state index contributed by atoms with van der Waals surface area (Å²) in [5, 5.41) is 4.68. The van der Waals surface area contributed by atoms with Crippen molar-refractivity contribution in [1.82, 2.24) is 5.01 Å². The molecule has 0 spiro atoms. The molecular formula is C27H42N2O. The van der Waals surface area contributed by atoms with Crippen LogP contribution < -0.4 is 9.75 Å². The van der Waals surface area contributed by atoms with Crippen LogP contribution in [0, 0.1) is 0 Å². The third-order valence-corrected chi connectivity index (χ3v) is 6.28. The van der Waals surface area contributed by atoms with Crippen molar-refractivity contribution < 1.29 is 4.74 Å². The van der Waals surface area contributed by atoms with Gasteiger partial charge in [-0.1, -0.05) is 115 Å². The molecule has 0 aromatic heterocycles. The Morgan fingerprint density at radius 3 is 2.03 bits per heavy atom. The van der Waals surface area contributed by atoms with Gasteiger partial charge in [0, 0.05) is 12.6 Å². The van der Waals surface area contributed by atoms with E-state index >= 15 is 0 Å². The first-order chi connectivity index (χ1) is 14.9. The van der Waals surface area contributed by atoms with Crippen molar-refractivity contribution in [2.24, 2.45) is 0 Å². The predicted molar refractivity (Wildman–Crippen MR) is 129 cm³/mol. The molecule has 1 aromatic rings. The number of ether oxygens (including phenoxy) is 1. The molecule has 0 saturated heterocycles. The van der Waals surface area contributed by atoms with E-state index in [-0.39, 0.29) is 0 Å². The number of hydrogen-bond donors (Lipinski definition) is 0. The number of nitrogens with zero attached hydrogens (tertiary/aromatic N) is 2. The molecule has 0 amide bonds. The minimum atomic E-state index is 0.888. The molecule has 3 heteroatoms. The Morgan fingerprint density at radius 1 is 0.767 bits per heavy atom. The molecule has 2 heterocycles. The van der Waals surface area contributed by atoms with E-state index in [1.807, 2.05) is 0 Å². The van der Waals surface area contributed by atoms with Gasteiger partial charge in [-0.05, 0) is 18.6 Å². The van der Waals surface area contributed by atoms with Gasteiger partial charge in [0.15, 0.2) is 5.75 Å². The van der Waals surface area contributed by atoms with Gasteiger partial charge in [-0.2, -0.15) is 0 Å². The third kappa shape index (κ3) is 7.11. The van der Waals surface area contributed by atoms with Crippen LogP contribution in [0.15, 0.2) is 48.4 Å². The molecule has 0 atom stereocenters. The zero-order chi connectivity index (χ0) is 20.9. The minimum absolute atomic E-state index is 0.888. The maximum atomic E-state index is 6.08. The molecule has 0 fully saturated rings. The Kier molecular flexibility index (Phi) is 10.2. The zero-order valence-electron chi connectivity index (χ0n) is 19.2. The SMILES string of the molecule is CCCCCCCCCCCCCCCCN1c2ccccc2OC2=CC=CCN21. The lowest BCUT2D eigenvalue weighted by Gasteiger charge is -2.43. The van der Waals surface area contributed by atoms with Crippen LogP contribution in [0.1, 0.15) is 96.8 Å². The maximum absolute atomic E-state index is 6.08. The summed E-state index contributed by atoms with van der Waals surface area (Å²) in [5.74, 6) is 1.92. The van der Waals surface area contributed by atoms with E-state index in [1.54, 1.807) is 0 Å². The Hall–Kier alpha value is -1.90. The topological polar surface area (TPSA) is 15.7 Å². The van der Waals surface area contributed by atoms with E-state index < -0.39 is 0 Å². The smallest absolute Gasteiger partial charge is 0.214 e. The van der Waals surface area contributed by atoms with Gasteiger partial charge in [0.1, 0.15) is 5.69 Å². The summed E-state index contributed by atoms with van der Waals surface area (Å²) in [7, 11) is 0. The number of hydrogen-bond acceptors (Lipinski definition) is 3. The molecule has 3 rings (SSSR count). The van der Waals surface area contributed by atoms with Gasteiger partial charge in [0.2, 0.25) is 5.88 Å². The lowest BCUT2D eigenvalue weighted by atomic mass is 10.0. The highest BCUT2D eigenvalue weighted by Crippen LogP contribution is 2.37. The monoisotopic (exact) mass is 410 g/mol. The molecule has 2 aliphatic heterocycles. The zero-order valence-corrected chi connectivity index (χ0v) is 19.2. The molecule has 0 saturated carbocycles. The highest BCUT2D eigenvalue weighted by atomic mass is 16.5. The average Bonchev–Trinajstić information content (AvgIpc) is 2.78. The van der Waals surface area contributed by atoms with Gasteiger partial charge in [0.25, 0.3) is 0 Å². The molecule has 0 N–H and O–H groups in total. The van der Waals surface area contributed by atoms with Crippen LogP contribution in [-0.2, 0) is 0 Å². The normalized spacial score (nSPS) is 14.9. The Labute approximate surface area is 184 Å². The van der Waals surface area contributed by atoms with Crippen LogP contribution >= 0.6 is 0 Å². The van der Waals surface area contributed by atoms with Gasteiger partial charge < -0.3 is 4.74 Å². The van der Waals surface area contributed by atoms with Crippen molar-refractivity contribution in [2.75, 3.05) is 18.1 Å². The summed E-state index contributed by atoms with van der Waals surface area (Å²) >= 11 is 0. The number of para-hydroxylation sites is 2. The summed E-state index contributed by atoms with van der Waals surface area (Å²) < 4.78 is 6.08. The Morgan fingerprint density at radius 2 is 1.37 bits per heavy atom. The first-order valence-corrected chi connectivity index (χ1v) is 12.6. The van der Waals surface area contributed by atoms with Crippen molar-refractivity contribution in [3.8, 4) is 5.75 Å². The molecule has 30 heavy (non-hydrogen) atoms. The summed E-state index contributed by atoms with van der Waals surface area (Å²) in [6, 6.07) is 8.41. The van der Waals surface area contributed by atoms with Crippen molar-refractivity contribution >= 4 is 5.69 Å². The number of hydrazine groups is 1. The Bertz CT molecular complexity index is 667. The quantitative estimate of drug-likeness (QED) is 0.272. The number of fused-ring (bicyclic) bond motifs is 2. The van der Waals surface area contributed by atoms with Crippen molar-refractivity contribution in [1.29, 1.82) is 0 Å². The van der Waals surface area contributed by atoms with Crippen molar-refractivity contribution in [2.45, 2.75) is 96.8 Å². The van der Waals surface area contributed by atoms with E-state index in [4.69, 9.17) is 4.74 Å². The van der Waals surface area contributed by atoms with Gasteiger partial charge in [-0.25, -0.2) is 5.01 Å². The summed E-state index contributed by atoms with van der Waals surface area (Å²) in [6.45, 7) is 4.24. The van der Waals surface area contributed by atoms with Gasteiger partial charge in [0.05, 0.1) is 6.54 Å². The van der Waals surface area contributed by atoms with E-state index in [0.717, 1.165) is 24.7 Å². The van der Waals surface area contributed by atoms with Crippen LogP contribution in [0.25, 0.3) is 0 Å². The third-order valence-electron chi connectivity index (χ3n) is 6.28. The van der Waals surface area contributed by atoms with Gasteiger partial charge in [-0.3, -0.25) is 5.01 Å². The highest BCUT2D eigenvalue weighted by molar-refractivity contribution is 5.60. The fourth-order valence-corrected chi connectivity index (χ4v) is 4.49. The van der Waals surface area contributed by atoms with Gasteiger partial charge >= 0.3 is 0 Å². The lowest BCUT2D eigenvalue weighted by molar-refractivity contribution is 0.188. The minimum Gasteiger partial charge on any atom is -0.437 e. The molecule has 2 aliphatic rings.